The number of carbonyl (C=O) groups excluding carboxylic acids is 2. The van der Waals surface area contributed by atoms with Gasteiger partial charge in [0.15, 0.2) is 11.3 Å². The van der Waals surface area contributed by atoms with E-state index in [1.807, 2.05) is 6.07 Å². The van der Waals surface area contributed by atoms with E-state index in [0.717, 1.165) is 7.11 Å². The largest absolute Gasteiger partial charge is 0.497 e. The minimum absolute atomic E-state index is 0.228. The van der Waals surface area contributed by atoms with Crippen LogP contribution in [0.25, 0.3) is 0 Å². The summed E-state index contributed by atoms with van der Waals surface area (Å²) in [4.78, 5) is 24.1. The molecule has 0 fully saturated rings. The Kier molecular flexibility index (Phi) is 3.51. The summed E-state index contributed by atoms with van der Waals surface area (Å²) in [5, 5.41) is 21.3. The van der Waals surface area contributed by atoms with Crippen LogP contribution < -0.4 is 10.1 Å². The lowest BCUT2D eigenvalue weighted by molar-refractivity contribution is -0.146. The Morgan fingerprint density at radius 3 is 2.62 bits per heavy atom. The molecule has 0 saturated carbocycles. The number of ether oxygens (including phenoxy) is 2. The lowest BCUT2D eigenvalue weighted by Gasteiger charge is -2.22. The first-order chi connectivity index (χ1) is 10.0. The van der Waals surface area contributed by atoms with Crippen LogP contribution >= 0.6 is 0 Å². The number of methoxy groups -OCH3 is 2. The van der Waals surface area contributed by atoms with Gasteiger partial charge < -0.3 is 14.8 Å². The van der Waals surface area contributed by atoms with Crippen LogP contribution in [-0.2, 0) is 19.7 Å². The number of rotatable bonds is 3. The number of benzene rings is 1. The molecular formula is C14H11N3O4. The molecule has 1 aromatic carbocycles. The van der Waals surface area contributed by atoms with Crippen molar-refractivity contribution in [2.75, 3.05) is 19.5 Å². The maximum absolute atomic E-state index is 12.3. The van der Waals surface area contributed by atoms with Crippen LogP contribution in [0.3, 0.4) is 0 Å². The van der Waals surface area contributed by atoms with Gasteiger partial charge in [0.05, 0.1) is 26.4 Å². The van der Waals surface area contributed by atoms with E-state index in [1.165, 1.54) is 13.2 Å². The standard InChI is InChI=1S/C14H11N3O4/c1-20-8-3-4-11-9(5-8)14(7-16,13(19)17-11)10(6-15)12(18)21-2/h3-5,10H,1-2H3,(H,17,19). The molecule has 1 aromatic rings. The molecule has 0 aliphatic carbocycles. The number of hydrogen-bond acceptors (Lipinski definition) is 6. The topological polar surface area (TPSA) is 112 Å². The van der Waals surface area contributed by atoms with Gasteiger partial charge in [-0.2, -0.15) is 10.5 Å². The number of nitrogens with one attached hydrogen (secondary N) is 1. The number of hydrogen-bond donors (Lipinski definition) is 1. The summed E-state index contributed by atoms with van der Waals surface area (Å²) in [6, 6.07) is 8.12. The molecule has 0 bridgehead atoms. The zero-order valence-corrected chi connectivity index (χ0v) is 11.3. The number of fused-ring (bicyclic) bond motifs is 1. The lowest BCUT2D eigenvalue weighted by Crippen LogP contribution is -2.44. The second-order valence-corrected chi connectivity index (χ2v) is 4.37. The third-order valence-corrected chi connectivity index (χ3v) is 3.43. The number of nitriles is 2. The maximum atomic E-state index is 12.3. The Morgan fingerprint density at radius 1 is 1.38 bits per heavy atom. The average molecular weight is 285 g/mol. The molecule has 2 atom stereocenters. The van der Waals surface area contributed by atoms with Gasteiger partial charge in [-0.3, -0.25) is 9.59 Å². The summed E-state index contributed by atoms with van der Waals surface area (Å²) in [5.74, 6) is -2.83. The van der Waals surface area contributed by atoms with Crippen LogP contribution in [0, 0.1) is 28.6 Å². The van der Waals surface area contributed by atoms with Crippen LogP contribution in [0.4, 0.5) is 5.69 Å². The Balaban J connectivity index is 2.71. The molecule has 1 heterocycles. The Labute approximate surface area is 120 Å². The van der Waals surface area contributed by atoms with E-state index in [1.54, 1.807) is 18.2 Å². The molecule has 7 nitrogen and oxygen atoms in total. The van der Waals surface area contributed by atoms with Crippen molar-refractivity contribution in [1.29, 1.82) is 10.5 Å². The normalized spacial score (nSPS) is 20.5. The van der Waals surface area contributed by atoms with E-state index < -0.39 is 23.2 Å². The number of esters is 1. The zero-order chi connectivity index (χ0) is 15.6. The van der Waals surface area contributed by atoms with Crippen LogP contribution in [0.5, 0.6) is 5.75 Å². The first-order valence-electron chi connectivity index (χ1n) is 5.93. The quantitative estimate of drug-likeness (QED) is 0.819. The SMILES string of the molecule is COC(=O)C(C#N)C1(C#N)C(=O)Nc2ccc(OC)cc21. The van der Waals surface area contributed by atoms with Gasteiger partial charge in [-0.1, -0.05) is 0 Å². The van der Waals surface area contributed by atoms with Crippen molar-refractivity contribution in [2.24, 2.45) is 5.92 Å². The van der Waals surface area contributed by atoms with Crippen molar-refractivity contribution in [3.63, 3.8) is 0 Å². The minimum atomic E-state index is -1.95. The van der Waals surface area contributed by atoms with Crippen molar-refractivity contribution in [3.05, 3.63) is 23.8 Å². The van der Waals surface area contributed by atoms with Crippen LogP contribution in [0.15, 0.2) is 18.2 Å². The van der Waals surface area contributed by atoms with Gasteiger partial charge in [-0.25, -0.2) is 0 Å². The summed E-state index contributed by atoms with van der Waals surface area (Å²) in [7, 11) is 2.53. The van der Waals surface area contributed by atoms with Gasteiger partial charge in [-0.05, 0) is 18.2 Å². The number of carbonyl (C=O) groups is 2. The number of amides is 1. The van der Waals surface area contributed by atoms with Gasteiger partial charge in [-0.15, -0.1) is 0 Å². The fourth-order valence-corrected chi connectivity index (χ4v) is 2.34. The molecular weight excluding hydrogens is 274 g/mol. The molecule has 0 spiro atoms. The molecule has 2 unspecified atom stereocenters. The van der Waals surface area contributed by atoms with Crippen molar-refractivity contribution < 1.29 is 19.1 Å². The van der Waals surface area contributed by atoms with E-state index in [-0.39, 0.29) is 5.56 Å². The van der Waals surface area contributed by atoms with E-state index >= 15 is 0 Å². The highest BCUT2D eigenvalue weighted by Gasteiger charge is 2.57. The molecule has 106 valence electrons. The van der Waals surface area contributed by atoms with E-state index in [2.05, 4.69) is 10.1 Å². The molecule has 2 rings (SSSR count). The smallest absolute Gasteiger partial charge is 0.325 e. The van der Waals surface area contributed by atoms with Gasteiger partial charge in [0.25, 0.3) is 5.91 Å². The molecule has 1 aliphatic rings. The van der Waals surface area contributed by atoms with Crippen LogP contribution in [0.2, 0.25) is 0 Å². The lowest BCUT2D eigenvalue weighted by atomic mass is 9.72. The van der Waals surface area contributed by atoms with Crippen LogP contribution in [0.1, 0.15) is 5.56 Å². The summed E-state index contributed by atoms with van der Waals surface area (Å²) in [5.41, 5.74) is -1.36. The maximum Gasteiger partial charge on any atom is 0.325 e. The Bertz CT molecular complexity index is 701. The highest BCUT2D eigenvalue weighted by molar-refractivity contribution is 6.11. The summed E-state index contributed by atoms with van der Waals surface area (Å²) >= 11 is 0. The third kappa shape index (κ3) is 1.87. The van der Waals surface area contributed by atoms with Crippen molar-refractivity contribution in [2.45, 2.75) is 5.41 Å². The number of anilines is 1. The average Bonchev–Trinajstić information content (AvgIpc) is 2.79. The molecule has 1 amide bonds. The summed E-state index contributed by atoms with van der Waals surface area (Å²) in [6.45, 7) is 0. The predicted octanol–water partition coefficient (Wildman–Crippen LogP) is 0.721. The molecule has 21 heavy (non-hydrogen) atoms. The van der Waals surface area contributed by atoms with Gasteiger partial charge in [0.2, 0.25) is 0 Å². The molecule has 1 aliphatic heterocycles. The van der Waals surface area contributed by atoms with Gasteiger partial charge in [0.1, 0.15) is 5.75 Å². The Morgan fingerprint density at radius 2 is 2.10 bits per heavy atom. The highest BCUT2D eigenvalue weighted by Crippen LogP contribution is 2.44. The Hall–Kier alpha value is -3.06. The molecule has 0 aromatic heterocycles. The fraction of sp³-hybridized carbons (Fsp3) is 0.286. The summed E-state index contributed by atoms with van der Waals surface area (Å²) < 4.78 is 9.60. The third-order valence-electron chi connectivity index (χ3n) is 3.43. The van der Waals surface area contributed by atoms with E-state index in [4.69, 9.17) is 4.74 Å². The second kappa shape index (κ2) is 5.14. The first kappa shape index (κ1) is 14.4. The predicted molar refractivity (Wildman–Crippen MR) is 70.0 cm³/mol. The van der Waals surface area contributed by atoms with Gasteiger partial charge >= 0.3 is 5.97 Å². The van der Waals surface area contributed by atoms with E-state index in [0.29, 0.717) is 11.4 Å². The van der Waals surface area contributed by atoms with Crippen LogP contribution in [-0.4, -0.2) is 26.1 Å². The fourth-order valence-electron chi connectivity index (χ4n) is 2.34. The van der Waals surface area contributed by atoms with Crippen molar-refractivity contribution >= 4 is 17.6 Å². The molecule has 7 heteroatoms. The highest BCUT2D eigenvalue weighted by atomic mass is 16.5. The second-order valence-electron chi connectivity index (χ2n) is 4.37. The summed E-state index contributed by atoms with van der Waals surface area (Å²) in [6.07, 6.45) is 0. The molecule has 0 radical (unpaired) electrons. The monoisotopic (exact) mass is 285 g/mol. The van der Waals surface area contributed by atoms with Crippen molar-refractivity contribution in [3.8, 4) is 17.9 Å². The number of nitrogens with zero attached hydrogens (tertiary/aromatic N) is 2. The van der Waals surface area contributed by atoms with Gasteiger partial charge in [0, 0.05) is 11.3 Å². The molecule has 1 N–H and O–H groups in total. The minimum Gasteiger partial charge on any atom is -0.497 e. The zero-order valence-electron chi connectivity index (χ0n) is 11.3. The molecule has 0 saturated heterocycles. The van der Waals surface area contributed by atoms with Crippen molar-refractivity contribution in [1.82, 2.24) is 0 Å². The first-order valence-corrected chi connectivity index (χ1v) is 5.93. The van der Waals surface area contributed by atoms with E-state index in [9.17, 15) is 20.1 Å².